The van der Waals surface area contributed by atoms with Crippen molar-refractivity contribution in [3.05, 3.63) is 59.8 Å². The minimum Gasteiger partial charge on any atom is -0.368 e. The predicted octanol–water partition coefficient (Wildman–Crippen LogP) is 3.13. The summed E-state index contributed by atoms with van der Waals surface area (Å²) in [6.07, 6.45) is 1.39. The summed E-state index contributed by atoms with van der Waals surface area (Å²) in [5, 5.41) is 4.71. The molecule has 2 aromatic carbocycles. The molecule has 1 saturated heterocycles. The molecule has 2 heterocycles. The van der Waals surface area contributed by atoms with Crippen LogP contribution < -0.4 is 10.2 Å². The minimum atomic E-state index is -3.60. The number of aromatic nitrogens is 1. The molecule has 1 aliphatic heterocycles. The summed E-state index contributed by atoms with van der Waals surface area (Å²) in [7, 11) is -3.60. The van der Waals surface area contributed by atoms with Crippen LogP contribution in [0.1, 0.15) is 0 Å². The van der Waals surface area contributed by atoms with E-state index in [4.69, 9.17) is 11.6 Å². The lowest BCUT2D eigenvalue weighted by Gasteiger charge is -2.30. The van der Waals surface area contributed by atoms with Gasteiger partial charge in [0.2, 0.25) is 9.84 Å². The lowest BCUT2D eigenvalue weighted by molar-refractivity contribution is 0.589. The third-order valence-corrected chi connectivity index (χ3v) is 6.59. The average Bonchev–Trinajstić information content (AvgIpc) is 2.68. The Bertz CT molecular complexity index is 1050. The first-order chi connectivity index (χ1) is 12.6. The second kappa shape index (κ2) is 6.87. The molecule has 1 fully saturated rings. The van der Waals surface area contributed by atoms with E-state index in [-0.39, 0.29) is 9.79 Å². The summed E-state index contributed by atoms with van der Waals surface area (Å²) in [6.45, 7) is 3.52. The van der Waals surface area contributed by atoms with Crippen LogP contribution in [0.25, 0.3) is 10.9 Å². The Hall–Kier alpha value is -2.15. The summed E-state index contributed by atoms with van der Waals surface area (Å²) < 4.78 is 25.7. The molecule has 1 aliphatic rings. The van der Waals surface area contributed by atoms with E-state index >= 15 is 0 Å². The maximum Gasteiger partial charge on any atom is 0.208 e. The van der Waals surface area contributed by atoms with Gasteiger partial charge in [-0.05, 0) is 30.3 Å². The van der Waals surface area contributed by atoms with Gasteiger partial charge in [0.25, 0.3) is 0 Å². The molecule has 0 amide bonds. The number of rotatable bonds is 3. The number of hydrogen-bond acceptors (Lipinski definition) is 5. The molecule has 0 unspecified atom stereocenters. The van der Waals surface area contributed by atoms with E-state index < -0.39 is 9.84 Å². The standard InChI is InChI=1S/C19H18ClN3O2S/c20-17-12-18-14(11-19(17)23-8-6-21-7-9-23)10-16(13-22-18)26(24,25)15-4-2-1-3-5-15/h1-5,10-13,21H,6-9H2. The predicted molar refractivity (Wildman–Crippen MR) is 104 cm³/mol. The number of anilines is 1. The Kier molecular flexibility index (Phi) is 4.56. The van der Waals surface area contributed by atoms with Gasteiger partial charge in [0.15, 0.2) is 0 Å². The molecule has 0 bridgehead atoms. The molecule has 3 aromatic rings. The SMILES string of the molecule is O=S(=O)(c1ccccc1)c1cnc2cc(Cl)c(N3CCNCC3)cc2c1. The van der Waals surface area contributed by atoms with Crippen molar-refractivity contribution < 1.29 is 8.42 Å². The number of piperazine rings is 1. The van der Waals surface area contributed by atoms with E-state index in [0.717, 1.165) is 37.3 Å². The quantitative estimate of drug-likeness (QED) is 0.748. The Morgan fingerprint density at radius 3 is 2.46 bits per heavy atom. The number of hydrogen-bond donors (Lipinski definition) is 1. The Morgan fingerprint density at radius 1 is 1.00 bits per heavy atom. The maximum atomic E-state index is 12.8. The second-order valence-corrected chi connectivity index (χ2v) is 8.58. The lowest BCUT2D eigenvalue weighted by Crippen LogP contribution is -2.43. The molecule has 134 valence electrons. The van der Waals surface area contributed by atoms with Crippen LogP contribution in [0.15, 0.2) is 64.5 Å². The molecule has 1 aromatic heterocycles. The largest absolute Gasteiger partial charge is 0.368 e. The lowest BCUT2D eigenvalue weighted by atomic mass is 10.1. The summed E-state index contributed by atoms with van der Waals surface area (Å²) in [5.74, 6) is 0. The number of nitrogens with one attached hydrogen (secondary N) is 1. The zero-order valence-corrected chi connectivity index (χ0v) is 15.6. The third-order valence-electron chi connectivity index (χ3n) is 4.55. The highest BCUT2D eigenvalue weighted by Gasteiger charge is 2.20. The second-order valence-electron chi connectivity index (χ2n) is 6.22. The number of benzene rings is 2. The first-order valence-electron chi connectivity index (χ1n) is 8.41. The van der Waals surface area contributed by atoms with Crippen LogP contribution in [0.3, 0.4) is 0 Å². The normalized spacial score (nSPS) is 15.3. The molecule has 7 heteroatoms. The van der Waals surface area contributed by atoms with Gasteiger partial charge in [-0.15, -0.1) is 0 Å². The molecule has 1 N–H and O–H groups in total. The van der Waals surface area contributed by atoms with Gasteiger partial charge in [-0.25, -0.2) is 8.42 Å². The van der Waals surface area contributed by atoms with Crippen LogP contribution in [0, 0.1) is 0 Å². The van der Waals surface area contributed by atoms with Crippen molar-refractivity contribution in [2.45, 2.75) is 9.79 Å². The van der Waals surface area contributed by atoms with Gasteiger partial charge in [0.05, 0.1) is 26.0 Å². The summed E-state index contributed by atoms with van der Waals surface area (Å²) in [6, 6.07) is 13.8. The van der Waals surface area contributed by atoms with Crippen molar-refractivity contribution >= 4 is 38.0 Å². The summed E-state index contributed by atoms with van der Waals surface area (Å²) in [4.78, 5) is 6.98. The van der Waals surface area contributed by atoms with Gasteiger partial charge in [-0.3, -0.25) is 4.98 Å². The van der Waals surface area contributed by atoms with Crippen LogP contribution in [0.2, 0.25) is 5.02 Å². The fourth-order valence-electron chi connectivity index (χ4n) is 3.15. The maximum absolute atomic E-state index is 12.8. The highest BCUT2D eigenvalue weighted by atomic mass is 35.5. The molecule has 0 spiro atoms. The molecule has 5 nitrogen and oxygen atoms in total. The van der Waals surface area contributed by atoms with Crippen molar-refractivity contribution in [2.24, 2.45) is 0 Å². The van der Waals surface area contributed by atoms with Gasteiger partial charge >= 0.3 is 0 Å². The van der Waals surface area contributed by atoms with Crippen LogP contribution in [-0.2, 0) is 9.84 Å². The van der Waals surface area contributed by atoms with Crippen molar-refractivity contribution in [2.75, 3.05) is 31.1 Å². The fraction of sp³-hybridized carbons (Fsp3) is 0.211. The number of sulfone groups is 1. The first-order valence-corrected chi connectivity index (χ1v) is 10.3. The number of pyridine rings is 1. The van der Waals surface area contributed by atoms with Gasteiger partial charge < -0.3 is 10.2 Å². The van der Waals surface area contributed by atoms with Crippen molar-refractivity contribution in [1.29, 1.82) is 0 Å². The highest BCUT2D eigenvalue weighted by molar-refractivity contribution is 7.91. The summed E-state index contributed by atoms with van der Waals surface area (Å²) in [5.41, 5.74) is 1.60. The van der Waals surface area contributed by atoms with Gasteiger partial charge in [0.1, 0.15) is 0 Å². The first kappa shape index (κ1) is 17.3. The molecule has 26 heavy (non-hydrogen) atoms. The molecule has 4 rings (SSSR count). The zero-order valence-electron chi connectivity index (χ0n) is 14.0. The smallest absolute Gasteiger partial charge is 0.208 e. The van der Waals surface area contributed by atoms with Crippen LogP contribution >= 0.6 is 11.6 Å². The van der Waals surface area contributed by atoms with Crippen LogP contribution in [0.5, 0.6) is 0 Å². The van der Waals surface area contributed by atoms with Crippen LogP contribution in [-0.4, -0.2) is 39.6 Å². The number of halogens is 1. The minimum absolute atomic E-state index is 0.185. The molecule has 0 aliphatic carbocycles. The molecule has 0 saturated carbocycles. The van der Waals surface area contributed by atoms with Crippen molar-refractivity contribution in [1.82, 2.24) is 10.3 Å². The highest BCUT2D eigenvalue weighted by Crippen LogP contribution is 2.32. The van der Waals surface area contributed by atoms with E-state index in [2.05, 4.69) is 15.2 Å². The van der Waals surface area contributed by atoms with Crippen LogP contribution in [0.4, 0.5) is 5.69 Å². The fourth-order valence-corrected chi connectivity index (χ4v) is 4.69. The molecular weight excluding hydrogens is 370 g/mol. The Labute approximate surface area is 157 Å². The van der Waals surface area contributed by atoms with Gasteiger partial charge in [-0.1, -0.05) is 29.8 Å². The van der Waals surface area contributed by atoms with E-state index in [0.29, 0.717) is 10.5 Å². The van der Waals surface area contributed by atoms with E-state index in [1.165, 1.54) is 6.20 Å². The molecular formula is C19H18ClN3O2S. The van der Waals surface area contributed by atoms with E-state index in [1.807, 2.05) is 6.07 Å². The number of nitrogens with zero attached hydrogens (tertiary/aromatic N) is 2. The van der Waals surface area contributed by atoms with Crippen molar-refractivity contribution in [3.8, 4) is 0 Å². The topological polar surface area (TPSA) is 62.3 Å². The molecule has 0 radical (unpaired) electrons. The van der Waals surface area contributed by atoms with Gasteiger partial charge in [0, 0.05) is 37.8 Å². The van der Waals surface area contributed by atoms with Gasteiger partial charge in [-0.2, -0.15) is 0 Å². The summed E-state index contributed by atoms with van der Waals surface area (Å²) >= 11 is 6.44. The van der Waals surface area contributed by atoms with E-state index in [9.17, 15) is 8.42 Å². The molecule has 0 atom stereocenters. The number of fused-ring (bicyclic) bond motifs is 1. The monoisotopic (exact) mass is 387 g/mol. The van der Waals surface area contributed by atoms with E-state index in [1.54, 1.807) is 42.5 Å². The Morgan fingerprint density at radius 2 is 1.73 bits per heavy atom. The average molecular weight is 388 g/mol. The van der Waals surface area contributed by atoms with Crippen molar-refractivity contribution in [3.63, 3.8) is 0 Å². The Balaban J connectivity index is 1.80. The third kappa shape index (κ3) is 3.16. The zero-order chi connectivity index (χ0) is 18.1.